The van der Waals surface area contributed by atoms with Crippen molar-refractivity contribution < 1.29 is 23.1 Å². The van der Waals surface area contributed by atoms with E-state index in [1.165, 1.54) is 6.92 Å². The molecule has 1 aromatic heterocycles. The number of rotatable bonds is 3. The lowest BCUT2D eigenvalue weighted by atomic mass is 10.4. The maximum Gasteiger partial charge on any atom is 0.394 e. The van der Waals surface area contributed by atoms with Crippen molar-refractivity contribution in [3.63, 3.8) is 0 Å². The minimum atomic E-state index is -3.44. The monoisotopic (exact) mass is 258 g/mol. The van der Waals surface area contributed by atoms with E-state index in [-0.39, 0.29) is 16.3 Å². The molecule has 92 valence electrons. The number of carbonyl (C=O) groups excluding carboxylic acids is 1. The Morgan fingerprint density at radius 3 is 2.59 bits per heavy atom. The van der Waals surface area contributed by atoms with Crippen LogP contribution in [0.25, 0.3) is 0 Å². The molecule has 1 amide bonds. The van der Waals surface area contributed by atoms with Crippen LogP contribution in [0.5, 0.6) is 0 Å². The summed E-state index contributed by atoms with van der Waals surface area (Å²) >= 11 is 0. The quantitative estimate of drug-likeness (QED) is 0.732. The van der Waals surface area contributed by atoms with Crippen LogP contribution >= 0.6 is 0 Å². The molecule has 1 rings (SSSR count). The van der Waals surface area contributed by atoms with Crippen molar-refractivity contribution in [2.45, 2.75) is 11.8 Å². The molecule has 7 nitrogen and oxygen atoms in total. The Morgan fingerprint density at radius 2 is 2.06 bits per heavy atom. The highest BCUT2D eigenvalue weighted by atomic mass is 32.2. The van der Waals surface area contributed by atoms with Gasteiger partial charge in [-0.2, -0.15) is 0 Å². The highest BCUT2D eigenvalue weighted by Crippen LogP contribution is 2.14. The van der Waals surface area contributed by atoms with E-state index in [0.29, 0.717) is 0 Å². The molecule has 0 aromatic carbocycles. The molecule has 0 unspecified atom stereocenters. The summed E-state index contributed by atoms with van der Waals surface area (Å²) in [4.78, 5) is 24.7. The average molecular weight is 258 g/mol. The number of hydrogen-bond acceptors (Lipinski definition) is 5. The van der Waals surface area contributed by atoms with E-state index in [9.17, 15) is 18.0 Å². The van der Waals surface area contributed by atoms with Gasteiger partial charge in [0.1, 0.15) is 0 Å². The molecule has 1 heterocycles. The molecule has 17 heavy (non-hydrogen) atoms. The third-order valence-electron chi connectivity index (χ3n) is 1.90. The van der Waals surface area contributed by atoms with Crippen molar-refractivity contribution in [3.8, 4) is 0 Å². The third-order valence-corrected chi connectivity index (χ3v) is 3.61. The summed E-state index contributed by atoms with van der Waals surface area (Å²) in [6.07, 6.45) is 2.30. The number of amides is 1. The number of nitrogens with one attached hydrogen (secondary N) is 1. The van der Waals surface area contributed by atoms with Gasteiger partial charge in [0.25, 0.3) is 0 Å². The summed E-state index contributed by atoms with van der Waals surface area (Å²) in [7, 11) is -3.44. The summed E-state index contributed by atoms with van der Waals surface area (Å²) in [5.41, 5.74) is 0.0203. The zero-order valence-electron chi connectivity index (χ0n) is 8.87. The third kappa shape index (κ3) is 3.25. The van der Waals surface area contributed by atoms with Gasteiger partial charge in [0.15, 0.2) is 9.84 Å². The highest BCUT2D eigenvalue weighted by Gasteiger charge is 2.15. The van der Waals surface area contributed by atoms with Crippen molar-refractivity contribution in [2.24, 2.45) is 0 Å². The van der Waals surface area contributed by atoms with Gasteiger partial charge in [0, 0.05) is 6.20 Å². The van der Waals surface area contributed by atoms with Gasteiger partial charge in [-0.15, -0.1) is 0 Å². The van der Waals surface area contributed by atoms with E-state index in [1.807, 2.05) is 5.32 Å². The minimum Gasteiger partial charge on any atom is -0.474 e. The second-order valence-corrected chi connectivity index (χ2v) is 5.35. The number of hydrogen-bond donors (Lipinski definition) is 2. The van der Waals surface area contributed by atoms with Crippen LogP contribution in [-0.4, -0.2) is 36.1 Å². The number of sulfone groups is 1. The summed E-state index contributed by atoms with van der Waals surface area (Å²) in [6, 6.07) is 1.16. The lowest BCUT2D eigenvalue weighted by Crippen LogP contribution is -2.22. The van der Waals surface area contributed by atoms with Crippen LogP contribution < -0.4 is 5.32 Å². The van der Waals surface area contributed by atoms with Gasteiger partial charge in [-0.25, -0.2) is 13.2 Å². The maximum atomic E-state index is 11.5. The summed E-state index contributed by atoms with van der Waals surface area (Å²) < 4.78 is 23.0. The van der Waals surface area contributed by atoms with Crippen molar-refractivity contribution in [1.29, 1.82) is 0 Å². The molecule has 1 aromatic rings. The molecule has 0 fully saturated rings. The number of nitrogens with zero attached hydrogens (tertiary/aromatic N) is 1. The van der Waals surface area contributed by atoms with Gasteiger partial charge in [-0.05, 0) is 6.07 Å². The van der Waals surface area contributed by atoms with Crippen LogP contribution in [0.1, 0.15) is 6.92 Å². The lowest BCUT2D eigenvalue weighted by Gasteiger charge is -2.04. The van der Waals surface area contributed by atoms with Gasteiger partial charge in [0.05, 0.1) is 22.5 Å². The first kappa shape index (κ1) is 13.1. The Bertz CT molecular complexity index is 552. The molecule has 0 radical (unpaired) electrons. The molecule has 0 aliphatic carbocycles. The zero-order valence-corrected chi connectivity index (χ0v) is 9.69. The zero-order chi connectivity index (χ0) is 13.1. The molecule has 2 N–H and O–H groups in total. The van der Waals surface area contributed by atoms with E-state index in [1.54, 1.807) is 0 Å². The Morgan fingerprint density at radius 1 is 1.41 bits per heavy atom. The molecule has 0 spiro atoms. The molecule has 8 heteroatoms. The molecule has 0 saturated carbocycles. The number of carboxylic acids is 1. The minimum absolute atomic E-state index is 0.0203. The van der Waals surface area contributed by atoms with Crippen LogP contribution in [0.3, 0.4) is 0 Å². The SMILES string of the molecule is CCS(=O)(=O)c1cncc(NC(=O)C(=O)O)c1. The normalized spacial score (nSPS) is 10.9. The molecule has 0 aliphatic heterocycles. The second kappa shape index (κ2) is 4.91. The van der Waals surface area contributed by atoms with Gasteiger partial charge >= 0.3 is 11.9 Å². The number of aliphatic carboxylic acids is 1. The first-order chi connectivity index (χ1) is 7.86. The number of carboxylic acid groups (broad SMARTS) is 1. The van der Waals surface area contributed by atoms with Crippen molar-refractivity contribution in [1.82, 2.24) is 4.98 Å². The van der Waals surface area contributed by atoms with Crippen molar-refractivity contribution in [2.75, 3.05) is 11.1 Å². The number of carbonyl (C=O) groups is 2. The largest absolute Gasteiger partial charge is 0.474 e. The Balaban J connectivity index is 3.03. The maximum absolute atomic E-state index is 11.5. The molecule has 0 saturated heterocycles. The molecule has 0 bridgehead atoms. The fourth-order valence-electron chi connectivity index (χ4n) is 1.01. The topological polar surface area (TPSA) is 113 Å². The highest BCUT2D eigenvalue weighted by molar-refractivity contribution is 7.91. The van der Waals surface area contributed by atoms with Crippen LogP contribution in [0.15, 0.2) is 23.4 Å². The molecule has 0 atom stereocenters. The average Bonchev–Trinajstić information content (AvgIpc) is 2.29. The van der Waals surface area contributed by atoms with Crippen molar-refractivity contribution in [3.05, 3.63) is 18.5 Å². The summed E-state index contributed by atoms with van der Waals surface area (Å²) in [6.45, 7) is 1.47. The van der Waals surface area contributed by atoms with E-state index in [0.717, 1.165) is 18.5 Å². The Kier molecular flexibility index (Phi) is 3.79. The number of aromatic nitrogens is 1. The van der Waals surface area contributed by atoms with E-state index in [2.05, 4.69) is 4.98 Å². The van der Waals surface area contributed by atoms with Gasteiger partial charge in [0.2, 0.25) is 0 Å². The number of anilines is 1. The predicted molar refractivity (Wildman–Crippen MR) is 58.2 cm³/mol. The fraction of sp³-hybridized carbons (Fsp3) is 0.222. The van der Waals surface area contributed by atoms with Crippen molar-refractivity contribution >= 4 is 27.4 Å². The second-order valence-electron chi connectivity index (χ2n) is 3.07. The molecular formula is C9H10N2O5S. The first-order valence-corrected chi connectivity index (χ1v) is 6.24. The number of pyridine rings is 1. The van der Waals surface area contributed by atoms with E-state index < -0.39 is 21.7 Å². The van der Waals surface area contributed by atoms with Crippen LogP contribution in [0.4, 0.5) is 5.69 Å². The van der Waals surface area contributed by atoms with E-state index in [4.69, 9.17) is 5.11 Å². The van der Waals surface area contributed by atoms with Crippen LogP contribution in [0.2, 0.25) is 0 Å². The Labute approximate surface area is 97.4 Å². The molecular weight excluding hydrogens is 248 g/mol. The smallest absolute Gasteiger partial charge is 0.394 e. The summed E-state index contributed by atoms with van der Waals surface area (Å²) in [5, 5.41) is 10.4. The van der Waals surface area contributed by atoms with Gasteiger partial charge in [-0.1, -0.05) is 6.92 Å². The fourth-order valence-corrected chi connectivity index (χ4v) is 1.87. The standard InChI is InChI=1S/C9H10N2O5S/c1-2-17(15,16)7-3-6(4-10-5-7)11-8(12)9(13)14/h3-5H,2H2,1H3,(H,11,12)(H,13,14). The van der Waals surface area contributed by atoms with E-state index >= 15 is 0 Å². The van der Waals surface area contributed by atoms with Crippen LogP contribution in [0, 0.1) is 0 Å². The first-order valence-electron chi connectivity index (χ1n) is 4.59. The van der Waals surface area contributed by atoms with Gasteiger partial charge < -0.3 is 10.4 Å². The lowest BCUT2D eigenvalue weighted by molar-refractivity contribution is -0.147. The molecule has 0 aliphatic rings. The summed E-state index contributed by atoms with van der Waals surface area (Å²) in [5.74, 6) is -3.02. The predicted octanol–water partition coefficient (Wildman–Crippen LogP) is -0.102. The Hall–Kier alpha value is -1.96. The van der Waals surface area contributed by atoms with Crippen LogP contribution in [-0.2, 0) is 19.4 Å². The van der Waals surface area contributed by atoms with Gasteiger partial charge in [-0.3, -0.25) is 9.78 Å².